The van der Waals surface area contributed by atoms with Crippen molar-refractivity contribution < 1.29 is 14.0 Å². The molecular weight excluding hydrogens is 283 g/mol. The largest absolute Gasteiger partial charge is 0.320 e. The SMILES string of the molecule is CC(=O)N1CCc2cccc(NC(=O)c3ccccc3F)c21. The number of carbonyl (C=O) groups is 2. The second-order valence-corrected chi connectivity index (χ2v) is 5.17. The molecule has 1 aliphatic rings. The fraction of sp³-hybridized carbons (Fsp3) is 0.176. The highest BCUT2D eigenvalue weighted by Gasteiger charge is 2.26. The number of benzene rings is 2. The molecule has 0 aromatic heterocycles. The maximum absolute atomic E-state index is 13.7. The third-order valence-corrected chi connectivity index (χ3v) is 3.74. The van der Waals surface area contributed by atoms with E-state index in [9.17, 15) is 14.0 Å². The van der Waals surface area contributed by atoms with Gasteiger partial charge in [-0.25, -0.2) is 4.39 Å². The summed E-state index contributed by atoms with van der Waals surface area (Å²) in [5, 5.41) is 2.71. The quantitative estimate of drug-likeness (QED) is 0.926. The van der Waals surface area contributed by atoms with E-state index in [4.69, 9.17) is 0 Å². The van der Waals surface area contributed by atoms with Crippen molar-refractivity contribution >= 4 is 23.2 Å². The van der Waals surface area contributed by atoms with E-state index in [1.54, 1.807) is 17.0 Å². The van der Waals surface area contributed by atoms with Crippen LogP contribution in [-0.2, 0) is 11.2 Å². The molecule has 112 valence electrons. The Hall–Kier alpha value is -2.69. The topological polar surface area (TPSA) is 49.4 Å². The van der Waals surface area contributed by atoms with Gasteiger partial charge >= 0.3 is 0 Å². The Bertz CT molecular complexity index is 758. The van der Waals surface area contributed by atoms with Crippen LogP contribution in [-0.4, -0.2) is 18.4 Å². The molecule has 0 spiro atoms. The zero-order valence-electron chi connectivity index (χ0n) is 12.1. The lowest BCUT2D eigenvalue weighted by Gasteiger charge is -2.19. The lowest BCUT2D eigenvalue weighted by Crippen LogP contribution is -2.27. The van der Waals surface area contributed by atoms with Crippen LogP contribution in [0, 0.1) is 5.82 Å². The number of rotatable bonds is 2. The molecule has 5 heteroatoms. The summed E-state index contributed by atoms with van der Waals surface area (Å²) in [7, 11) is 0. The Kier molecular flexibility index (Phi) is 3.63. The minimum Gasteiger partial charge on any atom is -0.320 e. The summed E-state index contributed by atoms with van der Waals surface area (Å²) >= 11 is 0. The fourth-order valence-electron chi connectivity index (χ4n) is 2.71. The van der Waals surface area contributed by atoms with Crippen LogP contribution < -0.4 is 10.2 Å². The van der Waals surface area contributed by atoms with Gasteiger partial charge in [-0.1, -0.05) is 24.3 Å². The Morgan fingerprint density at radius 3 is 2.64 bits per heavy atom. The number of hydrogen-bond acceptors (Lipinski definition) is 2. The summed E-state index contributed by atoms with van der Waals surface area (Å²) in [6, 6.07) is 11.3. The summed E-state index contributed by atoms with van der Waals surface area (Å²) in [4.78, 5) is 25.6. The number of halogens is 1. The zero-order valence-corrected chi connectivity index (χ0v) is 12.1. The van der Waals surface area contributed by atoms with Crippen molar-refractivity contribution in [1.82, 2.24) is 0 Å². The second kappa shape index (κ2) is 5.60. The van der Waals surface area contributed by atoms with Crippen LogP contribution in [0.1, 0.15) is 22.8 Å². The van der Waals surface area contributed by atoms with Crippen molar-refractivity contribution in [2.45, 2.75) is 13.3 Å². The molecule has 3 rings (SSSR count). The summed E-state index contributed by atoms with van der Waals surface area (Å²) in [6.45, 7) is 2.09. The smallest absolute Gasteiger partial charge is 0.258 e. The lowest BCUT2D eigenvalue weighted by atomic mass is 10.1. The molecule has 0 saturated heterocycles. The van der Waals surface area contributed by atoms with Gasteiger partial charge in [0.05, 0.1) is 16.9 Å². The Labute approximate surface area is 127 Å². The predicted molar refractivity (Wildman–Crippen MR) is 82.5 cm³/mol. The number of amides is 2. The van der Waals surface area contributed by atoms with Gasteiger partial charge in [0.25, 0.3) is 5.91 Å². The molecule has 0 unspecified atom stereocenters. The van der Waals surface area contributed by atoms with Gasteiger partial charge in [0.1, 0.15) is 5.82 Å². The Balaban J connectivity index is 1.94. The number of carbonyl (C=O) groups excluding carboxylic acids is 2. The molecule has 1 N–H and O–H groups in total. The molecule has 0 fully saturated rings. The molecule has 0 radical (unpaired) electrons. The van der Waals surface area contributed by atoms with Crippen molar-refractivity contribution in [1.29, 1.82) is 0 Å². The summed E-state index contributed by atoms with van der Waals surface area (Å²) in [5.41, 5.74) is 2.21. The standard InChI is InChI=1S/C17H15FN2O2/c1-11(21)20-10-9-12-5-4-8-15(16(12)20)19-17(22)13-6-2-3-7-14(13)18/h2-8H,9-10H2,1H3,(H,19,22). The maximum Gasteiger partial charge on any atom is 0.258 e. The summed E-state index contributed by atoms with van der Waals surface area (Å²) in [5.74, 6) is -1.18. The van der Waals surface area contributed by atoms with Gasteiger partial charge in [0.15, 0.2) is 0 Å². The van der Waals surface area contributed by atoms with Gasteiger partial charge in [-0.05, 0) is 30.2 Å². The molecule has 0 bridgehead atoms. The first-order chi connectivity index (χ1) is 10.6. The Morgan fingerprint density at radius 1 is 1.14 bits per heavy atom. The second-order valence-electron chi connectivity index (χ2n) is 5.17. The van der Waals surface area contributed by atoms with E-state index < -0.39 is 11.7 Å². The van der Waals surface area contributed by atoms with Crippen LogP contribution in [0.2, 0.25) is 0 Å². The predicted octanol–water partition coefficient (Wildman–Crippen LogP) is 2.99. The van der Waals surface area contributed by atoms with E-state index >= 15 is 0 Å². The van der Waals surface area contributed by atoms with Crippen LogP contribution in [0.4, 0.5) is 15.8 Å². The van der Waals surface area contributed by atoms with Crippen molar-refractivity contribution in [3.05, 3.63) is 59.4 Å². The highest BCUT2D eigenvalue weighted by molar-refractivity contribution is 6.08. The number of nitrogens with zero attached hydrogens (tertiary/aromatic N) is 1. The molecule has 1 aliphatic heterocycles. The molecule has 0 atom stereocenters. The number of fused-ring (bicyclic) bond motifs is 1. The van der Waals surface area contributed by atoms with E-state index in [1.165, 1.54) is 25.1 Å². The van der Waals surface area contributed by atoms with Crippen molar-refractivity contribution in [3.63, 3.8) is 0 Å². The fourth-order valence-corrected chi connectivity index (χ4v) is 2.71. The first-order valence-electron chi connectivity index (χ1n) is 7.04. The van der Waals surface area contributed by atoms with E-state index in [1.807, 2.05) is 12.1 Å². The highest BCUT2D eigenvalue weighted by Crippen LogP contribution is 2.35. The minimum absolute atomic E-state index is 0.0209. The minimum atomic E-state index is -0.573. The molecule has 2 aromatic rings. The number of nitrogens with one attached hydrogen (secondary N) is 1. The number of para-hydroxylation sites is 1. The van der Waals surface area contributed by atoms with E-state index in [2.05, 4.69) is 5.32 Å². The van der Waals surface area contributed by atoms with Crippen LogP contribution in [0.25, 0.3) is 0 Å². The number of hydrogen-bond donors (Lipinski definition) is 1. The van der Waals surface area contributed by atoms with Crippen molar-refractivity contribution in [2.75, 3.05) is 16.8 Å². The molecular formula is C17H15FN2O2. The average Bonchev–Trinajstić information content (AvgIpc) is 2.93. The monoisotopic (exact) mass is 298 g/mol. The van der Waals surface area contributed by atoms with Gasteiger partial charge in [-0.2, -0.15) is 0 Å². The average molecular weight is 298 g/mol. The Morgan fingerprint density at radius 2 is 1.91 bits per heavy atom. The maximum atomic E-state index is 13.7. The van der Waals surface area contributed by atoms with Gasteiger partial charge < -0.3 is 10.2 Å². The van der Waals surface area contributed by atoms with E-state index in [0.29, 0.717) is 17.9 Å². The van der Waals surface area contributed by atoms with Crippen molar-refractivity contribution in [2.24, 2.45) is 0 Å². The summed E-state index contributed by atoms with van der Waals surface area (Å²) in [6.07, 6.45) is 0.748. The third-order valence-electron chi connectivity index (χ3n) is 3.74. The van der Waals surface area contributed by atoms with Gasteiger partial charge in [-0.3, -0.25) is 9.59 Å². The molecule has 4 nitrogen and oxygen atoms in total. The molecule has 2 aromatic carbocycles. The van der Waals surface area contributed by atoms with Crippen LogP contribution in [0.5, 0.6) is 0 Å². The van der Waals surface area contributed by atoms with E-state index in [0.717, 1.165) is 12.0 Å². The molecule has 2 amide bonds. The van der Waals surface area contributed by atoms with Gasteiger partial charge in [-0.15, -0.1) is 0 Å². The van der Waals surface area contributed by atoms with Gasteiger partial charge in [0, 0.05) is 13.5 Å². The summed E-state index contributed by atoms with van der Waals surface area (Å²) < 4.78 is 13.7. The normalized spacial score (nSPS) is 12.9. The molecule has 0 aliphatic carbocycles. The third kappa shape index (κ3) is 2.45. The van der Waals surface area contributed by atoms with Crippen LogP contribution in [0.15, 0.2) is 42.5 Å². The lowest BCUT2D eigenvalue weighted by molar-refractivity contribution is -0.116. The van der Waals surface area contributed by atoms with E-state index in [-0.39, 0.29) is 11.5 Å². The zero-order chi connectivity index (χ0) is 15.7. The number of anilines is 2. The van der Waals surface area contributed by atoms with Crippen LogP contribution >= 0.6 is 0 Å². The van der Waals surface area contributed by atoms with Crippen LogP contribution in [0.3, 0.4) is 0 Å². The van der Waals surface area contributed by atoms with Gasteiger partial charge in [0.2, 0.25) is 5.91 Å². The first kappa shape index (κ1) is 14.3. The van der Waals surface area contributed by atoms with Crippen molar-refractivity contribution in [3.8, 4) is 0 Å². The first-order valence-corrected chi connectivity index (χ1v) is 7.04. The molecule has 22 heavy (non-hydrogen) atoms. The highest BCUT2D eigenvalue weighted by atomic mass is 19.1. The molecule has 0 saturated carbocycles. The molecule has 1 heterocycles.